The SMILES string of the molecule is Cc1nc2nc(C3=NC=C4C(Br)=COCC5=C4N3CC5)ccc2o1. The minimum Gasteiger partial charge on any atom is -0.496 e. The molecule has 7 heteroatoms. The van der Waals surface area contributed by atoms with E-state index in [4.69, 9.17) is 9.15 Å². The Balaban J connectivity index is 1.66. The number of ether oxygens (including phenoxy) is 1. The van der Waals surface area contributed by atoms with Crippen LogP contribution in [0.15, 0.2) is 55.3 Å². The van der Waals surface area contributed by atoms with Gasteiger partial charge in [0, 0.05) is 25.2 Å². The lowest BCUT2D eigenvalue weighted by atomic mass is 10.1. The molecule has 0 aliphatic carbocycles. The van der Waals surface area contributed by atoms with Crippen molar-refractivity contribution >= 4 is 33.0 Å². The van der Waals surface area contributed by atoms with Crippen molar-refractivity contribution in [1.29, 1.82) is 0 Å². The van der Waals surface area contributed by atoms with E-state index < -0.39 is 0 Å². The van der Waals surface area contributed by atoms with Crippen LogP contribution in [0.5, 0.6) is 0 Å². The molecule has 0 N–H and O–H groups in total. The molecule has 5 heterocycles. The molecule has 2 aromatic heterocycles. The molecule has 0 aromatic carbocycles. The smallest absolute Gasteiger partial charge is 0.199 e. The second kappa shape index (κ2) is 5.04. The van der Waals surface area contributed by atoms with Gasteiger partial charge in [-0.05, 0) is 40.1 Å². The molecule has 0 radical (unpaired) electrons. The van der Waals surface area contributed by atoms with Crippen LogP contribution in [0.3, 0.4) is 0 Å². The number of hydrogen-bond acceptors (Lipinski definition) is 6. The maximum Gasteiger partial charge on any atom is 0.199 e. The van der Waals surface area contributed by atoms with E-state index in [1.165, 1.54) is 11.3 Å². The van der Waals surface area contributed by atoms with Crippen molar-refractivity contribution in [3.05, 3.63) is 57.5 Å². The molecule has 24 heavy (non-hydrogen) atoms. The number of oxazole rings is 1. The monoisotopic (exact) mass is 384 g/mol. The molecule has 6 nitrogen and oxygen atoms in total. The van der Waals surface area contributed by atoms with Crippen molar-refractivity contribution in [3.8, 4) is 0 Å². The molecule has 0 saturated heterocycles. The third kappa shape index (κ3) is 1.97. The van der Waals surface area contributed by atoms with Gasteiger partial charge in [0.15, 0.2) is 23.0 Å². The van der Waals surface area contributed by atoms with Gasteiger partial charge in [0.2, 0.25) is 0 Å². The third-order valence-electron chi connectivity index (χ3n) is 4.36. The van der Waals surface area contributed by atoms with Gasteiger partial charge in [-0.2, -0.15) is 4.98 Å². The van der Waals surface area contributed by atoms with Crippen LogP contribution in [0.2, 0.25) is 0 Å². The Kier molecular flexibility index (Phi) is 2.94. The lowest BCUT2D eigenvalue weighted by Crippen LogP contribution is -2.32. The summed E-state index contributed by atoms with van der Waals surface area (Å²) in [6.07, 6.45) is 4.58. The van der Waals surface area contributed by atoms with Crippen LogP contribution in [-0.4, -0.2) is 33.9 Å². The number of rotatable bonds is 1. The Bertz CT molecular complexity index is 999. The molecule has 0 amide bonds. The highest BCUT2D eigenvalue weighted by Crippen LogP contribution is 2.40. The third-order valence-corrected chi connectivity index (χ3v) is 4.97. The van der Waals surface area contributed by atoms with Crippen LogP contribution in [0, 0.1) is 6.92 Å². The molecule has 3 aliphatic rings. The first-order valence-corrected chi connectivity index (χ1v) is 8.50. The average molecular weight is 385 g/mol. The summed E-state index contributed by atoms with van der Waals surface area (Å²) >= 11 is 3.57. The van der Waals surface area contributed by atoms with Gasteiger partial charge in [-0.1, -0.05) is 0 Å². The molecule has 3 aliphatic heterocycles. The van der Waals surface area contributed by atoms with Crippen LogP contribution in [0.4, 0.5) is 0 Å². The van der Waals surface area contributed by atoms with Crippen molar-refractivity contribution in [3.63, 3.8) is 0 Å². The summed E-state index contributed by atoms with van der Waals surface area (Å²) in [7, 11) is 0. The fourth-order valence-corrected chi connectivity index (χ4v) is 3.74. The van der Waals surface area contributed by atoms with E-state index in [0.29, 0.717) is 23.7 Å². The van der Waals surface area contributed by atoms with Crippen molar-refractivity contribution < 1.29 is 9.15 Å². The Labute approximate surface area is 146 Å². The van der Waals surface area contributed by atoms with E-state index >= 15 is 0 Å². The highest BCUT2D eigenvalue weighted by atomic mass is 79.9. The molecule has 0 unspecified atom stereocenters. The molecule has 5 rings (SSSR count). The van der Waals surface area contributed by atoms with Crippen LogP contribution in [-0.2, 0) is 4.74 Å². The van der Waals surface area contributed by atoms with E-state index in [-0.39, 0.29) is 0 Å². The van der Waals surface area contributed by atoms with Gasteiger partial charge in [0.1, 0.15) is 12.3 Å². The fourth-order valence-electron chi connectivity index (χ4n) is 3.32. The fraction of sp³-hybridized carbons (Fsp3) is 0.235. The maximum absolute atomic E-state index is 5.61. The van der Waals surface area contributed by atoms with E-state index in [1.807, 2.05) is 25.3 Å². The first-order valence-electron chi connectivity index (χ1n) is 7.71. The summed E-state index contributed by atoms with van der Waals surface area (Å²) in [5.41, 5.74) is 5.63. The molecule has 0 bridgehead atoms. The molecular weight excluding hydrogens is 372 g/mol. The number of aryl methyl sites for hydroxylation is 1. The zero-order valence-corrected chi connectivity index (χ0v) is 14.5. The lowest BCUT2D eigenvalue weighted by molar-refractivity contribution is 0.279. The van der Waals surface area contributed by atoms with Gasteiger partial charge in [-0.25, -0.2) is 9.98 Å². The summed E-state index contributed by atoms with van der Waals surface area (Å²) in [5, 5.41) is 0. The predicted octanol–water partition coefficient (Wildman–Crippen LogP) is 3.40. The Morgan fingerprint density at radius 3 is 3.08 bits per heavy atom. The summed E-state index contributed by atoms with van der Waals surface area (Å²) < 4.78 is 12.0. The van der Waals surface area contributed by atoms with Crippen LogP contribution in [0.25, 0.3) is 11.2 Å². The first-order chi connectivity index (χ1) is 11.7. The van der Waals surface area contributed by atoms with Crippen LogP contribution < -0.4 is 0 Å². The summed E-state index contributed by atoms with van der Waals surface area (Å²) in [6, 6.07) is 3.83. The van der Waals surface area contributed by atoms with Gasteiger partial charge in [0.25, 0.3) is 0 Å². The average Bonchev–Trinajstić information content (AvgIpc) is 3.11. The number of halogens is 1. The molecule has 120 valence electrons. The minimum absolute atomic E-state index is 0.612. The molecule has 0 fully saturated rings. The first kappa shape index (κ1) is 14.0. The topological polar surface area (TPSA) is 63.8 Å². The summed E-state index contributed by atoms with van der Waals surface area (Å²) in [6.45, 7) is 3.31. The van der Waals surface area contributed by atoms with Gasteiger partial charge in [-0.3, -0.25) is 0 Å². The van der Waals surface area contributed by atoms with Crippen LogP contribution in [0.1, 0.15) is 18.0 Å². The molecule has 0 saturated carbocycles. The zero-order valence-electron chi connectivity index (χ0n) is 12.9. The number of nitrogens with zero attached hydrogens (tertiary/aromatic N) is 4. The normalized spacial score (nSPS) is 19.6. The Morgan fingerprint density at radius 2 is 2.17 bits per heavy atom. The maximum atomic E-state index is 5.61. The second-order valence-corrected chi connectivity index (χ2v) is 6.73. The van der Waals surface area contributed by atoms with Crippen molar-refractivity contribution in [2.45, 2.75) is 13.3 Å². The van der Waals surface area contributed by atoms with Gasteiger partial charge < -0.3 is 14.1 Å². The highest BCUT2D eigenvalue weighted by Gasteiger charge is 2.34. The quantitative estimate of drug-likeness (QED) is 0.753. The standard InChI is InChI=1S/C17H13BrN4O2/c1-9-20-16-14(24-9)3-2-13(21-16)17-19-6-11-12(18)8-23-7-10-4-5-22(17)15(10)11/h2-3,6,8H,4-5,7H2,1H3. The largest absolute Gasteiger partial charge is 0.496 e. The molecule has 0 spiro atoms. The van der Waals surface area contributed by atoms with Crippen molar-refractivity contribution in [2.24, 2.45) is 4.99 Å². The number of aromatic nitrogens is 2. The number of fused-ring (bicyclic) bond motifs is 1. The van der Waals surface area contributed by atoms with Crippen LogP contribution >= 0.6 is 15.9 Å². The number of allylic oxidation sites excluding steroid dienone is 1. The van der Waals surface area contributed by atoms with Crippen molar-refractivity contribution in [1.82, 2.24) is 14.9 Å². The molecular formula is C17H13BrN4O2. The second-order valence-electron chi connectivity index (χ2n) is 5.88. The number of hydrogen-bond donors (Lipinski definition) is 0. The van der Waals surface area contributed by atoms with Crippen molar-refractivity contribution in [2.75, 3.05) is 13.2 Å². The Morgan fingerprint density at radius 1 is 1.25 bits per heavy atom. The highest BCUT2D eigenvalue weighted by molar-refractivity contribution is 9.12. The zero-order chi connectivity index (χ0) is 16.3. The molecule has 0 atom stereocenters. The molecule has 2 aromatic rings. The van der Waals surface area contributed by atoms with Gasteiger partial charge in [-0.15, -0.1) is 0 Å². The number of amidine groups is 1. The predicted molar refractivity (Wildman–Crippen MR) is 92.5 cm³/mol. The number of pyridine rings is 1. The summed E-state index contributed by atoms with van der Waals surface area (Å²) in [4.78, 5) is 15.8. The van der Waals surface area contributed by atoms with E-state index in [9.17, 15) is 0 Å². The van der Waals surface area contributed by atoms with Gasteiger partial charge >= 0.3 is 0 Å². The van der Waals surface area contributed by atoms with E-state index in [0.717, 1.165) is 34.6 Å². The summed E-state index contributed by atoms with van der Waals surface area (Å²) in [5.74, 6) is 1.46. The minimum atomic E-state index is 0.612. The number of aliphatic imine (C=N–C) groups is 1. The van der Waals surface area contributed by atoms with E-state index in [1.54, 1.807) is 6.26 Å². The van der Waals surface area contributed by atoms with Gasteiger partial charge in [0.05, 0.1) is 16.4 Å². The van der Waals surface area contributed by atoms with E-state index in [2.05, 4.69) is 35.8 Å². The lowest BCUT2D eigenvalue weighted by Gasteiger charge is -2.27. The Hall–Kier alpha value is -2.41.